The van der Waals surface area contributed by atoms with Crippen LogP contribution in [0.2, 0.25) is 5.02 Å². The fourth-order valence-electron chi connectivity index (χ4n) is 1.18. The Labute approximate surface area is 99.9 Å². The van der Waals surface area contributed by atoms with Crippen LogP contribution >= 0.6 is 11.6 Å². The molecule has 0 saturated heterocycles. The number of benzene rings is 1. The van der Waals surface area contributed by atoms with Gasteiger partial charge in [0.2, 0.25) is 0 Å². The summed E-state index contributed by atoms with van der Waals surface area (Å²) >= 11 is 5.99. The summed E-state index contributed by atoms with van der Waals surface area (Å²) in [4.78, 5) is 0. The number of ether oxygens (including phenoxy) is 2. The summed E-state index contributed by atoms with van der Waals surface area (Å²) in [5.74, 6) is 0.927. The Morgan fingerprint density at radius 1 is 1.50 bits per heavy atom. The van der Waals surface area contributed by atoms with Crippen LogP contribution in [-0.2, 0) is 0 Å². The van der Waals surface area contributed by atoms with Gasteiger partial charge in [0.15, 0.2) is 11.5 Å². The standard InChI is InChI=1S/C12H12ClNO2/c1-3-5-16-12-10(13)6-9(8-14)7-11(12)15-4-2/h3,6-7H,1,4-5H2,2H3. The lowest BCUT2D eigenvalue weighted by Crippen LogP contribution is -2.00. The molecule has 1 aromatic rings. The van der Waals surface area contributed by atoms with Gasteiger partial charge in [-0.1, -0.05) is 24.3 Å². The van der Waals surface area contributed by atoms with Crippen molar-refractivity contribution in [2.75, 3.05) is 13.2 Å². The number of halogens is 1. The lowest BCUT2D eigenvalue weighted by atomic mass is 10.2. The molecule has 0 aliphatic rings. The predicted molar refractivity (Wildman–Crippen MR) is 63.0 cm³/mol. The van der Waals surface area contributed by atoms with Crippen molar-refractivity contribution < 1.29 is 9.47 Å². The van der Waals surface area contributed by atoms with E-state index in [2.05, 4.69) is 6.58 Å². The van der Waals surface area contributed by atoms with Gasteiger partial charge in [-0.05, 0) is 13.0 Å². The maximum Gasteiger partial charge on any atom is 0.180 e. The molecule has 0 aromatic heterocycles. The zero-order valence-electron chi connectivity index (χ0n) is 9.00. The van der Waals surface area contributed by atoms with Gasteiger partial charge in [0.1, 0.15) is 6.61 Å². The Morgan fingerprint density at radius 3 is 2.81 bits per heavy atom. The minimum atomic E-state index is 0.339. The minimum Gasteiger partial charge on any atom is -0.490 e. The first-order valence-electron chi connectivity index (χ1n) is 4.83. The molecule has 3 nitrogen and oxygen atoms in total. The molecule has 0 fully saturated rings. The summed E-state index contributed by atoms with van der Waals surface area (Å²) in [5.41, 5.74) is 0.444. The van der Waals surface area contributed by atoms with Crippen LogP contribution in [0.25, 0.3) is 0 Å². The molecule has 0 heterocycles. The van der Waals surface area contributed by atoms with Gasteiger partial charge in [0.05, 0.1) is 23.3 Å². The average molecular weight is 238 g/mol. The highest BCUT2D eigenvalue weighted by Crippen LogP contribution is 2.36. The number of hydrogen-bond acceptors (Lipinski definition) is 3. The SMILES string of the molecule is C=CCOc1c(Cl)cc(C#N)cc1OCC. The predicted octanol–water partition coefficient (Wildman–Crippen LogP) is 3.18. The van der Waals surface area contributed by atoms with Gasteiger partial charge in [-0.25, -0.2) is 0 Å². The van der Waals surface area contributed by atoms with Gasteiger partial charge in [-0.15, -0.1) is 0 Å². The Hall–Kier alpha value is -1.66. The molecule has 0 atom stereocenters. The summed E-state index contributed by atoms with van der Waals surface area (Å²) in [5, 5.41) is 9.17. The molecule has 0 bridgehead atoms. The van der Waals surface area contributed by atoms with E-state index >= 15 is 0 Å². The van der Waals surface area contributed by atoms with Crippen LogP contribution < -0.4 is 9.47 Å². The molecule has 0 aliphatic heterocycles. The molecule has 0 amide bonds. The van der Waals surface area contributed by atoms with Crippen LogP contribution in [0.15, 0.2) is 24.8 Å². The van der Waals surface area contributed by atoms with Gasteiger partial charge >= 0.3 is 0 Å². The smallest absolute Gasteiger partial charge is 0.180 e. The van der Waals surface area contributed by atoms with Crippen molar-refractivity contribution >= 4 is 11.6 Å². The third-order valence-corrected chi connectivity index (χ3v) is 2.06. The fourth-order valence-corrected chi connectivity index (χ4v) is 1.44. The third-order valence-electron chi connectivity index (χ3n) is 1.78. The highest BCUT2D eigenvalue weighted by Gasteiger charge is 2.11. The molecular formula is C12H12ClNO2. The van der Waals surface area contributed by atoms with E-state index in [4.69, 9.17) is 26.3 Å². The molecule has 16 heavy (non-hydrogen) atoms. The molecule has 4 heteroatoms. The summed E-state index contributed by atoms with van der Waals surface area (Å²) in [6, 6.07) is 5.16. The molecule has 84 valence electrons. The second-order valence-electron chi connectivity index (χ2n) is 2.93. The molecule has 1 aromatic carbocycles. The monoisotopic (exact) mass is 237 g/mol. The number of rotatable bonds is 5. The maximum atomic E-state index is 8.80. The van der Waals surface area contributed by atoms with E-state index in [0.29, 0.717) is 35.3 Å². The lowest BCUT2D eigenvalue weighted by Gasteiger charge is -2.12. The van der Waals surface area contributed by atoms with Gasteiger partial charge in [0, 0.05) is 6.07 Å². The molecular weight excluding hydrogens is 226 g/mol. The summed E-state index contributed by atoms with van der Waals surface area (Å²) in [6.45, 7) is 6.23. The van der Waals surface area contributed by atoms with Crippen molar-refractivity contribution in [3.05, 3.63) is 35.4 Å². The van der Waals surface area contributed by atoms with Crippen LogP contribution in [0, 0.1) is 11.3 Å². The highest BCUT2D eigenvalue weighted by molar-refractivity contribution is 6.32. The van der Waals surface area contributed by atoms with Crippen molar-refractivity contribution in [3.63, 3.8) is 0 Å². The summed E-state index contributed by atoms with van der Waals surface area (Å²) < 4.78 is 10.7. The van der Waals surface area contributed by atoms with Gasteiger partial charge in [-0.3, -0.25) is 0 Å². The molecule has 0 N–H and O–H groups in total. The average Bonchev–Trinajstić information content (AvgIpc) is 2.28. The normalized spacial score (nSPS) is 9.31. The Kier molecular flexibility index (Phi) is 4.68. The second-order valence-corrected chi connectivity index (χ2v) is 3.34. The number of nitrogens with zero attached hydrogens (tertiary/aromatic N) is 1. The van der Waals surface area contributed by atoms with E-state index in [9.17, 15) is 0 Å². The first-order chi connectivity index (χ1) is 7.72. The van der Waals surface area contributed by atoms with E-state index in [0.717, 1.165) is 0 Å². The van der Waals surface area contributed by atoms with E-state index in [1.54, 1.807) is 18.2 Å². The van der Waals surface area contributed by atoms with E-state index < -0.39 is 0 Å². The zero-order valence-corrected chi connectivity index (χ0v) is 9.75. The van der Waals surface area contributed by atoms with Crippen LogP contribution in [0.1, 0.15) is 12.5 Å². The largest absolute Gasteiger partial charge is 0.490 e. The minimum absolute atomic E-state index is 0.339. The van der Waals surface area contributed by atoms with Gasteiger partial charge < -0.3 is 9.47 Å². The lowest BCUT2D eigenvalue weighted by molar-refractivity contribution is 0.297. The highest BCUT2D eigenvalue weighted by atomic mass is 35.5. The van der Waals surface area contributed by atoms with E-state index in [1.807, 2.05) is 13.0 Å². The maximum absolute atomic E-state index is 8.80. The quantitative estimate of drug-likeness (QED) is 0.739. The van der Waals surface area contributed by atoms with Crippen molar-refractivity contribution in [1.82, 2.24) is 0 Å². The molecule has 1 rings (SSSR count). The van der Waals surface area contributed by atoms with Crippen molar-refractivity contribution in [1.29, 1.82) is 5.26 Å². The van der Waals surface area contributed by atoms with Crippen molar-refractivity contribution in [2.45, 2.75) is 6.92 Å². The van der Waals surface area contributed by atoms with Crippen LogP contribution in [-0.4, -0.2) is 13.2 Å². The molecule has 0 unspecified atom stereocenters. The first-order valence-corrected chi connectivity index (χ1v) is 5.20. The molecule has 0 radical (unpaired) electrons. The number of hydrogen-bond donors (Lipinski definition) is 0. The Morgan fingerprint density at radius 2 is 2.25 bits per heavy atom. The second kappa shape index (κ2) is 6.04. The summed E-state index contributed by atoms with van der Waals surface area (Å²) in [6.07, 6.45) is 1.62. The zero-order chi connectivity index (χ0) is 12.0. The molecule has 0 aliphatic carbocycles. The summed E-state index contributed by atoms with van der Waals surface area (Å²) in [7, 11) is 0. The van der Waals surface area contributed by atoms with Crippen LogP contribution in [0.5, 0.6) is 11.5 Å². The molecule has 0 spiro atoms. The Bertz CT molecular complexity index is 424. The van der Waals surface area contributed by atoms with E-state index in [1.165, 1.54) is 0 Å². The van der Waals surface area contributed by atoms with Crippen molar-refractivity contribution in [3.8, 4) is 17.6 Å². The van der Waals surface area contributed by atoms with Crippen molar-refractivity contribution in [2.24, 2.45) is 0 Å². The Balaban J connectivity index is 3.12. The third kappa shape index (κ3) is 2.91. The van der Waals surface area contributed by atoms with Gasteiger partial charge in [-0.2, -0.15) is 5.26 Å². The van der Waals surface area contributed by atoms with Crippen LogP contribution in [0.4, 0.5) is 0 Å². The van der Waals surface area contributed by atoms with E-state index in [-0.39, 0.29) is 0 Å². The van der Waals surface area contributed by atoms with Crippen LogP contribution in [0.3, 0.4) is 0 Å². The van der Waals surface area contributed by atoms with Gasteiger partial charge in [0.25, 0.3) is 0 Å². The molecule has 0 saturated carbocycles. The first kappa shape index (κ1) is 12.4. The topological polar surface area (TPSA) is 42.2 Å². The fraction of sp³-hybridized carbons (Fsp3) is 0.250. The number of nitriles is 1.